The number of likely N-dealkylation sites (tertiary alicyclic amines) is 1. The minimum Gasteiger partial charge on any atom is -0.494 e. The van der Waals surface area contributed by atoms with Crippen LogP contribution in [0.3, 0.4) is 0 Å². The molecule has 7 atom stereocenters. The molecular formula is C34H38ClN3O5S. The number of hydrogen-bond donors (Lipinski definition) is 1. The molecule has 8 nitrogen and oxygen atoms in total. The monoisotopic (exact) mass is 635 g/mol. The van der Waals surface area contributed by atoms with Crippen molar-refractivity contribution in [1.82, 2.24) is 4.90 Å². The van der Waals surface area contributed by atoms with Crippen molar-refractivity contribution in [2.24, 2.45) is 17.8 Å². The van der Waals surface area contributed by atoms with Crippen LogP contribution in [0.25, 0.3) is 0 Å². The van der Waals surface area contributed by atoms with Gasteiger partial charge < -0.3 is 24.5 Å². The third kappa shape index (κ3) is 4.93. The fourth-order valence-electron chi connectivity index (χ4n) is 7.22. The molecule has 3 amide bonds. The van der Waals surface area contributed by atoms with Crippen LogP contribution in [0.5, 0.6) is 5.75 Å². The maximum Gasteiger partial charge on any atom is 0.251 e. The summed E-state index contributed by atoms with van der Waals surface area (Å²) in [6, 6.07) is 13.0. The summed E-state index contributed by atoms with van der Waals surface area (Å²) in [5.74, 6) is -1.41. The van der Waals surface area contributed by atoms with Gasteiger partial charge in [0.2, 0.25) is 11.8 Å². The first kappa shape index (κ1) is 30.7. The zero-order chi connectivity index (χ0) is 31.2. The van der Waals surface area contributed by atoms with Gasteiger partial charge in [0.15, 0.2) is 0 Å². The van der Waals surface area contributed by atoms with Crippen molar-refractivity contribution >= 4 is 52.5 Å². The zero-order valence-electron chi connectivity index (χ0n) is 25.1. The number of thioether (sulfide) groups is 1. The van der Waals surface area contributed by atoms with E-state index in [0.29, 0.717) is 30.4 Å². The molecule has 0 saturated carbocycles. The number of nitrogens with zero attached hydrogens (tertiary/aromatic N) is 3. The van der Waals surface area contributed by atoms with Crippen molar-refractivity contribution in [1.29, 1.82) is 0 Å². The second-order valence-electron chi connectivity index (χ2n) is 11.9. The van der Waals surface area contributed by atoms with Crippen LogP contribution in [0.4, 0.5) is 11.4 Å². The van der Waals surface area contributed by atoms with E-state index in [0.717, 1.165) is 17.9 Å². The average Bonchev–Trinajstić information content (AvgIpc) is 3.34. The van der Waals surface area contributed by atoms with E-state index >= 15 is 0 Å². The highest BCUT2D eigenvalue weighted by molar-refractivity contribution is 8.02. The first-order chi connectivity index (χ1) is 21.2. The minimum absolute atomic E-state index is 0.0604. The number of carbonyl (C=O) groups excluding carboxylic acids is 3. The highest BCUT2D eigenvalue weighted by atomic mass is 35.5. The molecule has 1 spiro atoms. The standard InChI is InChI=1S/C34H38ClN3O5S/c1-4-21(3)26(20-39)38-30-33(42)37(23-11-9-22(35)10-12-23)19-7-17-34(30)29(32(38)41)28-27(44-34)8-6-18-36(31(28)40)24-13-15-25(16-14-24)43-5-2/h6-17,21,26-30,39H,4-5,18-20H2,1-3H3/t21-,26-,27-,28+,29-,30?,34-/m0/s1. The Labute approximate surface area is 267 Å². The molecule has 2 aromatic carbocycles. The number of benzene rings is 2. The lowest BCUT2D eigenvalue weighted by atomic mass is 9.78. The second-order valence-corrected chi connectivity index (χ2v) is 13.8. The molecule has 0 aliphatic carbocycles. The van der Waals surface area contributed by atoms with Gasteiger partial charge in [-0.3, -0.25) is 14.4 Å². The van der Waals surface area contributed by atoms with Gasteiger partial charge in [0, 0.05) is 34.7 Å². The molecule has 0 radical (unpaired) electrons. The van der Waals surface area contributed by atoms with Gasteiger partial charge in [0.05, 0.1) is 35.8 Å². The number of fused-ring (bicyclic) bond motifs is 2. The van der Waals surface area contributed by atoms with Gasteiger partial charge in [-0.15, -0.1) is 11.8 Å². The summed E-state index contributed by atoms with van der Waals surface area (Å²) in [5, 5.41) is 10.9. The lowest BCUT2D eigenvalue weighted by Gasteiger charge is -2.40. The Kier molecular flexibility index (Phi) is 8.56. The van der Waals surface area contributed by atoms with Gasteiger partial charge in [-0.25, -0.2) is 0 Å². The number of ether oxygens (including phenoxy) is 1. The summed E-state index contributed by atoms with van der Waals surface area (Å²) in [7, 11) is 0. The Morgan fingerprint density at radius 1 is 0.955 bits per heavy atom. The number of aliphatic hydroxyl groups is 1. The Morgan fingerprint density at radius 2 is 1.59 bits per heavy atom. The van der Waals surface area contributed by atoms with Crippen LogP contribution >= 0.6 is 23.4 Å². The fourth-order valence-corrected chi connectivity index (χ4v) is 9.34. The van der Waals surface area contributed by atoms with Gasteiger partial charge in [0.1, 0.15) is 11.8 Å². The van der Waals surface area contributed by atoms with Gasteiger partial charge in [-0.1, -0.05) is 56.2 Å². The molecule has 4 aliphatic heterocycles. The highest BCUT2D eigenvalue weighted by Crippen LogP contribution is 2.61. The van der Waals surface area contributed by atoms with Crippen LogP contribution in [0.1, 0.15) is 27.2 Å². The fraction of sp³-hybridized carbons (Fsp3) is 0.441. The van der Waals surface area contributed by atoms with Gasteiger partial charge in [-0.2, -0.15) is 0 Å². The van der Waals surface area contributed by atoms with Crippen LogP contribution in [0, 0.1) is 17.8 Å². The smallest absolute Gasteiger partial charge is 0.251 e. The number of hydrogen-bond acceptors (Lipinski definition) is 6. The van der Waals surface area contributed by atoms with Gasteiger partial charge in [-0.05, 0) is 61.4 Å². The summed E-state index contributed by atoms with van der Waals surface area (Å²) < 4.78 is 4.62. The van der Waals surface area contributed by atoms with E-state index in [1.807, 2.05) is 69.3 Å². The van der Waals surface area contributed by atoms with E-state index in [2.05, 4.69) is 0 Å². The molecular weight excluding hydrogens is 598 g/mol. The van der Waals surface area contributed by atoms with E-state index in [4.69, 9.17) is 16.3 Å². The maximum atomic E-state index is 14.8. The topological polar surface area (TPSA) is 90.4 Å². The Morgan fingerprint density at radius 3 is 2.23 bits per heavy atom. The maximum absolute atomic E-state index is 14.8. The first-order valence-corrected chi connectivity index (χ1v) is 16.6. The van der Waals surface area contributed by atoms with Crippen molar-refractivity contribution < 1.29 is 24.2 Å². The lowest BCUT2D eigenvalue weighted by Crippen LogP contribution is -2.58. The summed E-state index contributed by atoms with van der Waals surface area (Å²) in [6.07, 6.45) is 8.68. The van der Waals surface area contributed by atoms with Crippen molar-refractivity contribution in [2.75, 3.05) is 36.1 Å². The molecule has 232 valence electrons. The molecule has 4 aliphatic rings. The predicted molar refractivity (Wildman–Crippen MR) is 174 cm³/mol. The molecule has 2 aromatic rings. The second kappa shape index (κ2) is 12.3. The molecule has 4 heterocycles. The van der Waals surface area contributed by atoms with E-state index in [1.54, 1.807) is 39.0 Å². The third-order valence-corrected chi connectivity index (χ3v) is 11.5. The van der Waals surface area contributed by atoms with Gasteiger partial charge >= 0.3 is 0 Å². The molecule has 44 heavy (non-hydrogen) atoms. The third-order valence-electron chi connectivity index (χ3n) is 9.54. The summed E-state index contributed by atoms with van der Waals surface area (Å²) in [4.78, 5) is 49.0. The van der Waals surface area contributed by atoms with E-state index < -0.39 is 28.7 Å². The summed E-state index contributed by atoms with van der Waals surface area (Å²) in [6.45, 7) is 6.89. The minimum atomic E-state index is -0.979. The molecule has 6 rings (SSSR count). The molecule has 1 unspecified atom stereocenters. The molecule has 0 bridgehead atoms. The largest absolute Gasteiger partial charge is 0.494 e. The van der Waals surface area contributed by atoms with Crippen molar-refractivity contribution in [3.05, 3.63) is 77.9 Å². The lowest BCUT2D eigenvalue weighted by molar-refractivity contribution is -0.142. The zero-order valence-corrected chi connectivity index (χ0v) is 26.7. The number of amides is 3. The van der Waals surface area contributed by atoms with Crippen molar-refractivity contribution in [3.8, 4) is 5.75 Å². The predicted octanol–water partition coefficient (Wildman–Crippen LogP) is 4.95. The first-order valence-electron chi connectivity index (χ1n) is 15.3. The summed E-state index contributed by atoms with van der Waals surface area (Å²) >= 11 is 7.70. The van der Waals surface area contributed by atoms with E-state index in [9.17, 15) is 19.5 Å². The number of rotatable bonds is 8. The average molecular weight is 636 g/mol. The highest BCUT2D eigenvalue weighted by Gasteiger charge is 2.72. The number of carbonyl (C=O) groups is 3. The van der Waals surface area contributed by atoms with Crippen LogP contribution in [0.2, 0.25) is 5.02 Å². The molecule has 2 saturated heterocycles. The van der Waals surface area contributed by atoms with Crippen LogP contribution < -0.4 is 14.5 Å². The quantitative estimate of drug-likeness (QED) is 0.413. The molecule has 1 N–H and O–H groups in total. The number of aliphatic hydroxyl groups excluding tert-OH is 1. The van der Waals surface area contributed by atoms with E-state index in [1.165, 1.54) is 11.8 Å². The molecule has 2 fully saturated rings. The molecule has 10 heteroatoms. The van der Waals surface area contributed by atoms with Crippen molar-refractivity contribution in [3.63, 3.8) is 0 Å². The van der Waals surface area contributed by atoms with E-state index in [-0.39, 0.29) is 35.5 Å². The Balaban J connectivity index is 1.44. The molecule has 0 aromatic heterocycles. The van der Waals surface area contributed by atoms with Crippen molar-refractivity contribution in [2.45, 2.75) is 49.3 Å². The Hall–Kier alpha value is -3.27. The van der Waals surface area contributed by atoms with Gasteiger partial charge in [0.25, 0.3) is 5.91 Å². The number of halogens is 1. The Bertz CT molecular complexity index is 1480. The van der Waals surface area contributed by atoms with Crippen LogP contribution in [-0.2, 0) is 14.4 Å². The number of anilines is 2. The SMILES string of the molecule is CCOc1ccc(N2CC=C[C@@H]3S[C@]45C=CCN(c6ccc(Cl)cc6)C(=O)C4N([C@@H](CO)[C@@H](C)CC)C(=O)[C@@H]5[C@@H]3C2=O)cc1. The van der Waals surface area contributed by atoms with Crippen LogP contribution in [0.15, 0.2) is 72.8 Å². The summed E-state index contributed by atoms with van der Waals surface area (Å²) in [5.41, 5.74) is 1.40. The normalized spacial score (nSPS) is 29.2. The van der Waals surface area contributed by atoms with Crippen LogP contribution in [-0.4, -0.2) is 76.1 Å².